The van der Waals surface area contributed by atoms with Gasteiger partial charge >= 0.3 is 0 Å². The van der Waals surface area contributed by atoms with Crippen molar-refractivity contribution < 1.29 is 0 Å². The third kappa shape index (κ3) is 5.79. The summed E-state index contributed by atoms with van der Waals surface area (Å²) >= 11 is 8.20. The number of nitrogens with zero attached hydrogens (tertiary/aromatic N) is 1. The number of aryl methyl sites for hydroxylation is 2. The quantitative estimate of drug-likeness (QED) is 0.273. The molecule has 0 spiro atoms. The fourth-order valence-electron chi connectivity index (χ4n) is 3.36. The van der Waals surface area contributed by atoms with Crippen LogP contribution in [-0.4, -0.2) is 17.3 Å². The van der Waals surface area contributed by atoms with Crippen LogP contribution in [0.15, 0.2) is 102 Å². The van der Waals surface area contributed by atoms with Crippen molar-refractivity contribution in [2.24, 2.45) is 0 Å². The Morgan fingerprint density at radius 1 is 0.655 bits per heavy atom. The Hall–Kier alpha value is -1.93. The van der Waals surface area contributed by atoms with Crippen LogP contribution in [0.25, 0.3) is 10.9 Å². The van der Waals surface area contributed by atoms with Crippen LogP contribution in [0.1, 0.15) is 11.1 Å². The molecule has 0 unspecified atom stereocenters. The van der Waals surface area contributed by atoms with E-state index in [0.29, 0.717) is 0 Å². The van der Waals surface area contributed by atoms with Crippen molar-refractivity contribution in [3.63, 3.8) is 0 Å². The highest BCUT2D eigenvalue weighted by molar-refractivity contribution is 8.70. The lowest BCUT2D eigenvalue weighted by Crippen LogP contribution is -2.00. The smallest absolute Gasteiger partial charge is 0.102 e. The van der Waals surface area contributed by atoms with Gasteiger partial charge in [-0.1, -0.05) is 108 Å². The van der Waals surface area contributed by atoms with Gasteiger partial charge in [0.05, 0.1) is 5.52 Å². The molecule has 4 heteroatoms. The Bertz CT molecular complexity index is 1070. The standard InChI is InChI=1S/C25H24NPS2/c28-27(19-17-21-9-3-1-4-10-21,20-18-22-11-5-2-6-12-22)29-25-16-15-23-13-7-8-14-24(23)26-25/h1-16H,17-20H2. The van der Waals surface area contributed by atoms with Crippen LogP contribution in [0.3, 0.4) is 0 Å². The van der Waals surface area contributed by atoms with E-state index in [4.69, 9.17) is 16.8 Å². The van der Waals surface area contributed by atoms with Gasteiger partial charge in [0.25, 0.3) is 0 Å². The molecule has 4 rings (SSSR count). The fraction of sp³-hybridized carbons (Fsp3) is 0.160. The second-order valence-electron chi connectivity index (χ2n) is 7.17. The van der Waals surface area contributed by atoms with Gasteiger partial charge in [-0.25, -0.2) is 4.98 Å². The van der Waals surface area contributed by atoms with E-state index < -0.39 is 5.24 Å². The molecule has 1 heterocycles. The van der Waals surface area contributed by atoms with Gasteiger partial charge < -0.3 is 0 Å². The van der Waals surface area contributed by atoms with Crippen LogP contribution in [-0.2, 0) is 24.6 Å². The molecule has 0 atom stereocenters. The first-order valence-corrected chi connectivity index (χ1v) is 14.5. The minimum Gasteiger partial charge on any atom is -0.241 e. The molecule has 0 saturated carbocycles. The minimum atomic E-state index is -1.66. The molecule has 0 N–H and O–H groups in total. The predicted molar refractivity (Wildman–Crippen MR) is 132 cm³/mol. The van der Waals surface area contributed by atoms with Crippen molar-refractivity contribution in [3.05, 3.63) is 108 Å². The minimum absolute atomic E-state index is 1.04. The van der Waals surface area contributed by atoms with Crippen LogP contribution in [0, 0.1) is 0 Å². The van der Waals surface area contributed by atoms with Crippen LogP contribution in [0.5, 0.6) is 0 Å². The lowest BCUT2D eigenvalue weighted by atomic mass is 10.2. The lowest BCUT2D eigenvalue weighted by Gasteiger charge is -2.21. The van der Waals surface area contributed by atoms with Crippen LogP contribution >= 0.6 is 16.6 Å². The monoisotopic (exact) mass is 433 g/mol. The van der Waals surface area contributed by atoms with Crippen molar-refractivity contribution in [1.29, 1.82) is 0 Å². The molecule has 0 amide bonds. The summed E-state index contributed by atoms with van der Waals surface area (Å²) in [4.78, 5) is 4.89. The summed E-state index contributed by atoms with van der Waals surface area (Å²) in [6.07, 6.45) is 4.18. The number of fused-ring (bicyclic) bond motifs is 1. The van der Waals surface area contributed by atoms with E-state index in [1.165, 1.54) is 16.5 Å². The number of pyridine rings is 1. The summed E-state index contributed by atoms with van der Waals surface area (Å²) in [6.45, 7) is 0. The summed E-state index contributed by atoms with van der Waals surface area (Å²) in [6, 6.07) is 34.0. The van der Waals surface area contributed by atoms with E-state index in [1.54, 1.807) is 0 Å². The zero-order chi connectivity index (χ0) is 19.9. The number of hydrogen-bond acceptors (Lipinski definition) is 3. The Labute approximate surface area is 182 Å². The van der Waals surface area contributed by atoms with Crippen molar-refractivity contribution in [2.45, 2.75) is 17.9 Å². The molecule has 0 aliphatic heterocycles. The molecule has 0 fully saturated rings. The summed E-state index contributed by atoms with van der Waals surface area (Å²) < 4.78 is 0. The molecule has 0 radical (unpaired) electrons. The molecular weight excluding hydrogens is 409 g/mol. The van der Waals surface area contributed by atoms with Crippen molar-refractivity contribution in [1.82, 2.24) is 4.98 Å². The molecular formula is C25H24NPS2. The molecule has 0 saturated heterocycles. The normalized spacial score (nSPS) is 11.6. The molecule has 4 aromatic rings. The molecule has 0 aliphatic carbocycles. The van der Waals surface area contributed by atoms with Crippen LogP contribution < -0.4 is 0 Å². The summed E-state index contributed by atoms with van der Waals surface area (Å²) in [7, 11) is 0. The molecule has 146 valence electrons. The van der Waals surface area contributed by atoms with Crippen LogP contribution in [0.2, 0.25) is 0 Å². The van der Waals surface area contributed by atoms with Gasteiger partial charge in [0.1, 0.15) is 5.03 Å². The lowest BCUT2D eigenvalue weighted by molar-refractivity contribution is 1.11. The van der Waals surface area contributed by atoms with Crippen molar-refractivity contribution in [2.75, 3.05) is 12.3 Å². The van der Waals surface area contributed by atoms with Gasteiger partial charge in [0.2, 0.25) is 0 Å². The van der Waals surface area contributed by atoms with E-state index >= 15 is 0 Å². The Morgan fingerprint density at radius 3 is 1.83 bits per heavy atom. The van der Waals surface area contributed by atoms with Gasteiger partial charge in [-0.15, -0.1) is 0 Å². The van der Waals surface area contributed by atoms with E-state index in [-0.39, 0.29) is 0 Å². The zero-order valence-electron chi connectivity index (χ0n) is 16.3. The summed E-state index contributed by atoms with van der Waals surface area (Å²) in [5.74, 6) is 0. The first-order chi connectivity index (χ1) is 14.2. The van der Waals surface area contributed by atoms with E-state index in [0.717, 1.165) is 35.7 Å². The number of rotatable bonds is 8. The molecule has 1 aromatic heterocycles. The molecule has 0 bridgehead atoms. The van der Waals surface area contributed by atoms with Gasteiger partial charge in [-0.2, -0.15) is 0 Å². The SMILES string of the molecule is S=P(CCc1ccccc1)(CCc1ccccc1)Sc1ccc2ccccc2n1. The third-order valence-corrected chi connectivity index (χ3v) is 12.0. The Morgan fingerprint density at radius 2 is 1.21 bits per heavy atom. The average Bonchev–Trinajstić information content (AvgIpc) is 2.78. The number of para-hydroxylation sites is 1. The first-order valence-electron chi connectivity index (χ1n) is 9.92. The molecule has 1 nitrogen and oxygen atoms in total. The molecule has 29 heavy (non-hydrogen) atoms. The highest BCUT2D eigenvalue weighted by atomic mass is 32.9. The van der Waals surface area contributed by atoms with Gasteiger partial charge in [0.15, 0.2) is 0 Å². The number of hydrogen-bond donors (Lipinski definition) is 0. The predicted octanol–water partition coefficient (Wildman–Crippen LogP) is 7.21. The second kappa shape index (κ2) is 9.71. The fourth-order valence-corrected chi connectivity index (χ4v) is 9.23. The second-order valence-corrected chi connectivity index (χ2v) is 15.7. The Kier molecular flexibility index (Phi) is 6.82. The van der Waals surface area contributed by atoms with E-state index in [1.807, 2.05) is 17.4 Å². The third-order valence-electron chi connectivity index (χ3n) is 5.00. The van der Waals surface area contributed by atoms with Gasteiger partial charge in [-0.3, -0.25) is 0 Å². The number of benzene rings is 3. The molecule has 3 aromatic carbocycles. The van der Waals surface area contributed by atoms with Crippen molar-refractivity contribution in [3.8, 4) is 0 Å². The van der Waals surface area contributed by atoms with Crippen molar-refractivity contribution >= 4 is 39.3 Å². The van der Waals surface area contributed by atoms with Gasteiger partial charge in [-0.05, 0) is 48.4 Å². The molecule has 0 aliphatic rings. The summed E-state index contributed by atoms with van der Waals surface area (Å²) in [5.41, 5.74) is 3.78. The van der Waals surface area contributed by atoms with Gasteiger partial charge in [0, 0.05) is 10.6 Å². The maximum atomic E-state index is 6.34. The largest absolute Gasteiger partial charge is 0.241 e. The van der Waals surface area contributed by atoms with E-state index in [9.17, 15) is 0 Å². The van der Waals surface area contributed by atoms with E-state index in [2.05, 4.69) is 91.0 Å². The number of aromatic nitrogens is 1. The zero-order valence-corrected chi connectivity index (χ0v) is 18.8. The highest BCUT2D eigenvalue weighted by Gasteiger charge is 2.20. The first kappa shape index (κ1) is 20.3. The topological polar surface area (TPSA) is 12.9 Å². The maximum absolute atomic E-state index is 6.34. The maximum Gasteiger partial charge on any atom is 0.102 e. The Balaban J connectivity index is 1.54. The average molecular weight is 434 g/mol. The summed E-state index contributed by atoms with van der Waals surface area (Å²) in [5, 5.41) is 0.580. The highest BCUT2D eigenvalue weighted by Crippen LogP contribution is 2.62. The van der Waals surface area contributed by atoms with Crippen LogP contribution in [0.4, 0.5) is 0 Å².